The van der Waals surface area contributed by atoms with Gasteiger partial charge in [0.15, 0.2) is 15.4 Å². The Labute approximate surface area is 233 Å². The van der Waals surface area contributed by atoms with Crippen molar-refractivity contribution in [3.8, 4) is 0 Å². The van der Waals surface area contributed by atoms with Crippen LogP contribution in [-0.4, -0.2) is 41.6 Å². The molecule has 1 aromatic carbocycles. The standard InChI is InChI=1S/C25H23ClN8S3/c26-18-7-3-6-17(14-18)25(8-1-2-9-25)16-31-22(35)34-21-32-19(36-23-27-10-4-11-28-23)15-20(33-21)37-24-29-12-5-13-30-24/h3-7,10-15H,1-2,8-9,16H2,(H2,31,32,33,34,35). The molecule has 0 aliphatic heterocycles. The van der Waals surface area contributed by atoms with Gasteiger partial charge in [0.25, 0.3) is 0 Å². The molecular formula is C25H23ClN8S3. The van der Waals surface area contributed by atoms with E-state index in [1.165, 1.54) is 41.9 Å². The zero-order valence-electron chi connectivity index (χ0n) is 19.7. The smallest absolute Gasteiger partial charge is 0.231 e. The van der Waals surface area contributed by atoms with Gasteiger partial charge in [0.1, 0.15) is 10.1 Å². The predicted molar refractivity (Wildman–Crippen MR) is 150 cm³/mol. The van der Waals surface area contributed by atoms with Gasteiger partial charge in [-0.05, 0) is 78.4 Å². The van der Waals surface area contributed by atoms with Crippen molar-refractivity contribution in [1.29, 1.82) is 0 Å². The molecule has 0 amide bonds. The fraction of sp³-hybridized carbons (Fsp3) is 0.240. The van der Waals surface area contributed by atoms with Gasteiger partial charge < -0.3 is 10.6 Å². The molecular weight excluding hydrogens is 544 g/mol. The van der Waals surface area contributed by atoms with E-state index in [9.17, 15) is 0 Å². The first kappa shape index (κ1) is 25.8. The summed E-state index contributed by atoms with van der Waals surface area (Å²) in [5, 5.41) is 10.3. The number of hydrogen-bond donors (Lipinski definition) is 2. The van der Waals surface area contributed by atoms with Crippen LogP contribution in [0.5, 0.6) is 0 Å². The predicted octanol–water partition coefficient (Wildman–Crippen LogP) is 5.81. The van der Waals surface area contributed by atoms with Crippen molar-refractivity contribution < 1.29 is 0 Å². The van der Waals surface area contributed by atoms with Gasteiger partial charge in [-0.25, -0.2) is 29.9 Å². The van der Waals surface area contributed by atoms with Crippen molar-refractivity contribution in [3.05, 3.63) is 77.8 Å². The van der Waals surface area contributed by atoms with Crippen molar-refractivity contribution in [1.82, 2.24) is 35.2 Å². The molecule has 8 nitrogen and oxygen atoms in total. The molecule has 2 N–H and O–H groups in total. The van der Waals surface area contributed by atoms with E-state index in [0.29, 0.717) is 38.0 Å². The topological polar surface area (TPSA) is 101 Å². The first-order chi connectivity index (χ1) is 18.1. The molecule has 3 heterocycles. The van der Waals surface area contributed by atoms with E-state index in [1.54, 1.807) is 36.9 Å². The van der Waals surface area contributed by atoms with E-state index < -0.39 is 0 Å². The SMILES string of the molecule is S=C(NCC1(c2cccc(Cl)c2)CCCC1)Nc1nc(Sc2ncccn2)cc(Sc2ncccn2)n1. The van der Waals surface area contributed by atoms with Crippen molar-refractivity contribution >= 4 is 58.4 Å². The normalized spacial score (nSPS) is 14.3. The average Bonchev–Trinajstić information content (AvgIpc) is 3.39. The third kappa shape index (κ3) is 6.92. The maximum absolute atomic E-state index is 6.30. The highest BCUT2D eigenvalue weighted by atomic mass is 35.5. The maximum Gasteiger partial charge on any atom is 0.231 e. The van der Waals surface area contributed by atoms with Crippen LogP contribution >= 0.6 is 47.3 Å². The van der Waals surface area contributed by atoms with Gasteiger partial charge in [-0.3, -0.25) is 0 Å². The second-order valence-corrected chi connectivity index (χ2v) is 11.3. The Kier molecular flexibility index (Phi) is 8.45. The summed E-state index contributed by atoms with van der Waals surface area (Å²) in [7, 11) is 0. The second kappa shape index (κ2) is 12.1. The molecule has 1 fully saturated rings. The van der Waals surface area contributed by atoms with E-state index in [2.05, 4.69) is 52.7 Å². The zero-order valence-corrected chi connectivity index (χ0v) is 22.9. The summed E-state index contributed by atoms with van der Waals surface area (Å²) in [5.74, 6) is 0.375. The van der Waals surface area contributed by atoms with E-state index in [4.69, 9.17) is 23.8 Å². The third-order valence-electron chi connectivity index (χ3n) is 5.97. The number of hydrogen-bond acceptors (Lipinski definition) is 9. The summed E-state index contributed by atoms with van der Waals surface area (Å²) >= 11 is 14.6. The number of nitrogens with zero attached hydrogens (tertiary/aromatic N) is 6. The molecule has 188 valence electrons. The Bertz CT molecular complexity index is 1290. The highest BCUT2D eigenvalue weighted by molar-refractivity contribution is 7.99. The van der Waals surface area contributed by atoms with Gasteiger partial charge in [-0.2, -0.15) is 0 Å². The molecule has 3 aromatic heterocycles. The molecule has 0 saturated heterocycles. The summed E-state index contributed by atoms with van der Waals surface area (Å²) in [5.41, 5.74) is 1.23. The molecule has 5 rings (SSSR count). The molecule has 4 aromatic rings. The molecule has 0 spiro atoms. The van der Waals surface area contributed by atoms with E-state index in [0.717, 1.165) is 17.9 Å². The van der Waals surface area contributed by atoms with Gasteiger partial charge in [-0.1, -0.05) is 36.6 Å². The van der Waals surface area contributed by atoms with Crippen LogP contribution in [0, 0.1) is 0 Å². The number of thiocarbonyl (C=S) groups is 1. The lowest BCUT2D eigenvalue weighted by molar-refractivity contribution is 0.435. The van der Waals surface area contributed by atoms with Gasteiger partial charge in [-0.15, -0.1) is 0 Å². The number of anilines is 1. The Balaban J connectivity index is 1.32. The van der Waals surface area contributed by atoms with Crippen LogP contribution in [0.4, 0.5) is 5.95 Å². The van der Waals surface area contributed by atoms with Crippen LogP contribution in [0.25, 0.3) is 0 Å². The molecule has 0 bridgehead atoms. The van der Waals surface area contributed by atoms with Crippen LogP contribution in [0.15, 0.2) is 87.6 Å². The second-order valence-electron chi connectivity index (χ2n) is 8.44. The summed E-state index contributed by atoms with van der Waals surface area (Å²) in [6, 6.07) is 13.5. The first-order valence-corrected chi connectivity index (χ1v) is 14.1. The summed E-state index contributed by atoms with van der Waals surface area (Å²) in [6.07, 6.45) is 11.3. The Morgan fingerprint density at radius 3 is 2.03 bits per heavy atom. The van der Waals surface area contributed by atoms with Gasteiger partial charge in [0.2, 0.25) is 5.95 Å². The van der Waals surface area contributed by atoms with Crippen molar-refractivity contribution in [2.45, 2.75) is 51.5 Å². The maximum atomic E-state index is 6.30. The van der Waals surface area contributed by atoms with Crippen molar-refractivity contribution in [2.24, 2.45) is 0 Å². The Morgan fingerprint density at radius 1 is 0.865 bits per heavy atom. The molecule has 1 aliphatic rings. The minimum atomic E-state index is -0.00843. The van der Waals surface area contributed by atoms with E-state index >= 15 is 0 Å². The summed E-state index contributed by atoms with van der Waals surface area (Å²) in [4.78, 5) is 26.4. The molecule has 0 unspecified atom stereocenters. The van der Waals surface area contributed by atoms with Crippen LogP contribution < -0.4 is 10.6 Å². The molecule has 0 atom stereocenters. The fourth-order valence-corrected chi connectivity index (χ4v) is 6.12. The lowest BCUT2D eigenvalue weighted by atomic mass is 9.79. The molecule has 37 heavy (non-hydrogen) atoms. The summed E-state index contributed by atoms with van der Waals surface area (Å²) in [6.45, 7) is 0.699. The van der Waals surface area contributed by atoms with Gasteiger partial charge in [0, 0.05) is 47.8 Å². The third-order valence-corrected chi connectivity index (χ3v) is 8.07. The monoisotopic (exact) mass is 566 g/mol. The van der Waals surface area contributed by atoms with E-state index in [-0.39, 0.29) is 5.41 Å². The van der Waals surface area contributed by atoms with Crippen LogP contribution in [-0.2, 0) is 5.41 Å². The Hall–Kier alpha value is -2.86. The van der Waals surface area contributed by atoms with E-state index in [1.807, 2.05) is 18.2 Å². The number of rotatable bonds is 8. The quantitative estimate of drug-likeness (QED) is 0.153. The number of aromatic nitrogens is 6. The lowest BCUT2D eigenvalue weighted by Gasteiger charge is -2.30. The molecule has 12 heteroatoms. The first-order valence-electron chi connectivity index (χ1n) is 11.7. The van der Waals surface area contributed by atoms with Crippen LogP contribution in [0.1, 0.15) is 31.2 Å². The number of halogens is 1. The number of nitrogens with one attached hydrogen (secondary N) is 2. The highest BCUT2D eigenvalue weighted by Gasteiger charge is 2.35. The molecule has 1 saturated carbocycles. The molecule has 0 radical (unpaired) electrons. The minimum absolute atomic E-state index is 0.00843. The highest BCUT2D eigenvalue weighted by Crippen LogP contribution is 2.41. The van der Waals surface area contributed by atoms with Crippen LogP contribution in [0.3, 0.4) is 0 Å². The van der Waals surface area contributed by atoms with Gasteiger partial charge >= 0.3 is 0 Å². The van der Waals surface area contributed by atoms with Crippen LogP contribution in [0.2, 0.25) is 5.02 Å². The lowest BCUT2D eigenvalue weighted by Crippen LogP contribution is -2.41. The largest absolute Gasteiger partial charge is 0.361 e. The fourth-order valence-electron chi connectivity index (χ4n) is 4.26. The minimum Gasteiger partial charge on any atom is -0.361 e. The number of benzene rings is 1. The van der Waals surface area contributed by atoms with Gasteiger partial charge in [0.05, 0.1) is 0 Å². The Morgan fingerprint density at radius 2 is 1.46 bits per heavy atom. The molecule has 1 aliphatic carbocycles. The average molecular weight is 567 g/mol. The van der Waals surface area contributed by atoms with Crippen molar-refractivity contribution in [2.75, 3.05) is 11.9 Å². The van der Waals surface area contributed by atoms with Crippen molar-refractivity contribution in [3.63, 3.8) is 0 Å². The summed E-state index contributed by atoms with van der Waals surface area (Å²) < 4.78 is 0. The zero-order chi connectivity index (χ0) is 25.5.